The molecule has 0 spiro atoms. The lowest BCUT2D eigenvalue weighted by molar-refractivity contribution is -0.179. The monoisotopic (exact) mass is 434 g/mol. The fraction of sp³-hybridized carbons (Fsp3) is 0.296. The van der Waals surface area contributed by atoms with Gasteiger partial charge in [-0.3, -0.25) is 4.79 Å². The van der Waals surface area contributed by atoms with E-state index >= 15 is 0 Å². The van der Waals surface area contributed by atoms with Gasteiger partial charge in [-0.2, -0.15) is 0 Å². The van der Waals surface area contributed by atoms with Gasteiger partial charge in [0.1, 0.15) is 0 Å². The van der Waals surface area contributed by atoms with Crippen LogP contribution in [-0.4, -0.2) is 28.9 Å². The predicted molar refractivity (Wildman–Crippen MR) is 124 cm³/mol. The molecule has 0 fully saturated rings. The molecule has 0 amide bonds. The van der Waals surface area contributed by atoms with E-state index in [1.54, 1.807) is 13.8 Å². The molecule has 0 saturated carbocycles. The molecule has 168 valence electrons. The lowest BCUT2D eigenvalue weighted by Gasteiger charge is -2.37. The molecule has 2 rings (SSSR count). The van der Waals surface area contributed by atoms with E-state index in [2.05, 4.69) is 13.2 Å². The third-order valence-corrected chi connectivity index (χ3v) is 5.06. The molecule has 2 aromatic rings. The number of ketones is 1. The van der Waals surface area contributed by atoms with E-state index in [-0.39, 0.29) is 24.0 Å². The Bertz CT molecular complexity index is 927. The molecule has 0 aliphatic carbocycles. The highest BCUT2D eigenvalue weighted by Gasteiger charge is 2.50. The zero-order chi connectivity index (χ0) is 23.9. The van der Waals surface area contributed by atoms with Crippen LogP contribution in [0.3, 0.4) is 0 Å². The van der Waals surface area contributed by atoms with E-state index in [9.17, 15) is 14.4 Å². The molecule has 2 aromatic carbocycles. The smallest absolute Gasteiger partial charge is 0.334 e. The average molecular weight is 435 g/mol. The Labute approximate surface area is 189 Å². The summed E-state index contributed by atoms with van der Waals surface area (Å²) in [6.45, 7) is 13.4. The number of Topliss-reactive ketones (excluding diaryl/α,β-unsaturated/α-hetero) is 1. The summed E-state index contributed by atoms with van der Waals surface area (Å²) in [4.78, 5) is 38.9. The van der Waals surface area contributed by atoms with Crippen molar-refractivity contribution in [3.05, 3.63) is 96.1 Å². The van der Waals surface area contributed by atoms with Crippen molar-refractivity contribution in [2.24, 2.45) is 0 Å². The van der Waals surface area contributed by atoms with Gasteiger partial charge in [-0.1, -0.05) is 73.8 Å². The Hall–Kier alpha value is -3.47. The lowest BCUT2D eigenvalue weighted by atomic mass is 9.80. The van der Waals surface area contributed by atoms with E-state index in [1.807, 2.05) is 60.7 Å². The molecule has 2 unspecified atom stereocenters. The Morgan fingerprint density at radius 3 is 1.28 bits per heavy atom. The summed E-state index contributed by atoms with van der Waals surface area (Å²) in [6.07, 6.45) is 0.224. The molecule has 0 aliphatic heterocycles. The molecular weight excluding hydrogens is 404 g/mol. The third kappa shape index (κ3) is 6.27. The SMILES string of the molecule is C=C(C)C(=O)OC(C)(Cc1ccccc1)C(=O)C(C)(Cc1ccccc1)OC(=O)C(=C)C. The van der Waals surface area contributed by atoms with Gasteiger partial charge in [0.15, 0.2) is 11.2 Å². The minimum absolute atomic E-state index is 0.112. The van der Waals surface area contributed by atoms with Gasteiger partial charge in [-0.05, 0) is 38.8 Å². The molecule has 5 heteroatoms. The van der Waals surface area contributed by atoms with Crippen LogP contribution in [0.15, 0.2) is 85.0 Å². The average Bonchev–Trinajstić information content (AvgIpc) is 2.74. The second-order valence-corrected chi connectivity index (χ2v) is 8.46. The summed E-state index contributed by atoms with van der Waals surface area (Å²) in [5.74, 6) is -1.91. The second kappa shape index (κ2) is 10.2. The van der Waals surface area contributed by atoms with E-state index in [0.717, 1.165) is 11.1 Å². The summed E-state index contributed by atoms with van der Waals surface area (Å²) < 4.78 is 11.4. The molecule has 5 nitrogen and oxygen atoms in total. The van der Waals surface area contributed by atoms with Crippen molar-refractivity contribution in [3.63, 3.8) is 0 Å². The van der Waals surface area contributed by atoms with Crippen LogP contribution in [0.1, 0.15) is 38.8 Å². The van der Waals surface area contributed by atoms with Crippen LogP contribution in [-0.2, 0) is 36.7 Å². The predicted octanol–water partition coefficient (Wildman–Crippen LogP) is 4.80. The topological polar surface area (TPSA) is 69.7 Å². The number of hydrogen-bond donors (Lipinski definition) is 0. The standard InChI is InChI=1S/C27H30O5/c1-19(2)23(28)31-26(5,17-21-13-9-7-10-14-21)25(30)27(6,32-24(29)20(3)4)18-22-15-11-8-12-16-22/h7-16H,1,3,17-18H2,2,4-6H3. The highest BCUT2D eigenvalue weighted by molar-refractivity contribution is 6.00. The number of carbonyl (C=O) groups is 3. The highest BCUT2D eigenvalue weighted by Crippen LogP contribution is 2.31. The van der Waals surface area contributed by atoms with Crippen molar-refractivity contribution >= 4 is 17.7 Å². The number of carbonyl (C=O) groups excluding carboxylic acids is 3. The first-order valence-corrected chi connectivity index (χ1v) is 10.4. The van der Waals surface area contributed by atoms with Crippen molar-refractivity contribution in [3.8, 4) is 0 Å². The number of hydrogen-bond acceptors (Lipinski definition) is 5. The number of esters is 2. The Morgan fingerprint density at radius 2 is 1.00 bits per heavy atom. The van der Waals surface area contributed by atoms with E-state index in [1.165, 1.54) is 13.8 Å². The molecular formula is C27H30O5. The first-order valence-electron chi connectivity index (χ1n) is 10.4. The fourth-order valence-corrected chi connectivity index (χ4v) is 3.44. The maximum Gasteiger partial charge on any atom is 0.334 e. The first kappa shape index (κ1) is 24.8. The van der Waals surface area contributed by atoms with Crippen molar-refractivity contribution in [2.45, 2.75) is 51.7 Å². The highest BCUT2D eigenvalue weighted by atomic mass is 16.6. The first-order chi connectivity index (χ1) is 15.0. The molecule has 0 bridgehead atoms. The van der Waals surface area contributed by atoms with Crippen molar-refractivity contribution in [1.29, 1.82) is 0 Å². The van der Waals surface area contributed by atoms with E-state index < -0.39 is 28.9 Å². The fourth-order valence-electron chi connectivity index (χ4n) is 3.44. The van der Waals surface area contributed by atoms with Crippen molar-refractivity contribution in [1.82, 2.24) is 0 Å². The van der Waals surface area contributed by atoms with Gasteiger partial charge in [-0.15, -0.1) is 0 Å². The van der Waals surface area contributed by atoms with Crippen LogP contribution >= 0.6 is 0 Å². The minimum atomic E-state index is -1.60. The molecule has 0 N–H and O–H groups in total. The number of benzene rings is 2. The van der Waals surface area contributed by atoms with E-state index in [0.29, 0.717) is 0 Å². The largest absolute Gasteiger partial charge is 0.447 e. The summed E-state index contributed by atoms with van der Waals surface area (Å²) in [5, 5.41) is 0. The molecule has 0 aromatic heterocycles. The zero-order valence-corrected chi connectivity index (χ0v) is 19.1. The molecule has 0 heterocycles. The van der Waals surface area contributed by atoms with Crippen LogP contribution in [0.5, 0.6) is 0 Å². The van der Waals surface area contributed by atoms with E-state index in [4.69, 9.17) is 9.47 Å². The second-order valence-electron chi connectivity index (χ2n) is 8.46. The van der Waals surface area contributed by atoms with Crippen molar-refractivity contribution in [2.75, 3.05) is 0 Å². The maximum absolute atomic E-state index is 14.0. The molecule has 0 saturated heterocycles. The van der Waals surface area contributed by atoms with Gasteiger partial charge in [-0.25, -0.2) is 9.59 Å². The summed E-state index contributed by atoms with van der Waals surface area (Å²) in [6, 6.07) is 18.4. The lowest BCUT2D eigenvalue weighted by Crippen LogP contribution is -2.56. The number of ether oxygens (including phenoxy) is 2. The minimum Gasteiger partial charge on any atom is -0.447 e. The normalized spacial score (nSPS) is 14.4. The Morgan fingerprint density at radius 1 is 0.688 bits per heavy atom. The van der Waals surface area contributed by atoms with Crippen LogP contribution in [0.2, 0.25) is 0 Å². The van der Waals surface area contributed by atoms with Gasteiger partial charge in [0.25, 0.3) is 0 Å². The zero-order valence-electron chi connectivity index (χ0n) is 19.1. The van der Waals surface area contributed by atoms with Crippen LogP contribution in [0, 0.1) is 0 Å². The van der Waals surface area contributed by atoms with Gasteiger partial charge in [0.2, 0.25) is 5.78 Å². The third-order valence-electron chi connectivity index (χ3n) is 5.06. The maximum atomic E-state index is 14.0. The Balaban J connectivity index is 2.53. The van der Waals surface area contributed by atoms with Gasteiger partial charge < -0.3 is 9.47 Å². The van der Waals surface area contributed by atoms with Crippen LogP contribution in [0.4, 0.5) is 0 Å². The molecule has 0 aliphatic rings. The van der Waals surface area contributed by atoms with Gasteiger partial charge in [0, 0.05) is 24.0 Å². The Kier molecular flexibility index (Phi) is 7.92. The van der Waals surface area contributed by atoms with Gasteiger partial charge in [0.05, 0.1) is 0 Å². The van der Waals surface area contributed by atoms with Crippen LogP contribution in [0.25, 0.3) is 0 Å². The summed E-state index contributed by atoms with van der Waals surface area (Å²) in [5.41, 5.74) is -1.27. The van der Waals surface area contributed by atoms with Crippen LogP contribution < -0.4 is 0 Å². The molecule has 32 heavy (non-hydrogen) atoms. The summed E-state index contributed by atoms with van der Waals surface area (Å²) >= 11 is 0. The van der Waals surface area contributed by atoms with Crippen molar-refractivity contribution < 1.29 is 23.9 Å². The quantitative estimate of drug-likeness (QED) is 0.397. The summed E-state index contributed by atoms with van der Waals surface area (Å²) in [7, 11) is 0. The van der Waals surface area contributed by atoms with Gasteiger partial charge >= 0.3 is 11.9 Å². The molecule has 0 radical (unpaired) electrons. The molecule has 2 atom stereocenters. The number of rotatable bonds is 10.